The first kappa shape index (κ1) is 14.5. The molecule has 0 fully saturated rings. The van der Waals surface area contributed by atoms with Crippen molar-refractivity contribution in [1.29, 1.82) is 0 Å². The van der Waals surface area contributed by atoms with Crippen LogP contribution < -0.4 is 0 Å². The van der Waals surface area contributed by atoms with Crippen LogP contribution in [0.5, 0.6) is 0 Å². The number of carbonyl (C=O) groups excluding carboxylic acids is 1. The van der Waals surface area contributed by atoms with Crippen molar-refractivity contribution in [2.75, 3.05) is 6.26 Å². The molecule has 2 aromatic carbocycles. The number of rotatable bonds is 4. The summed E-state index contributed by atoms with van der Waals surface area (Å²) < 4.78 is 24.4. The van der Waals surface area contributed by atoms with Gasteiger partial charge in [-0.25, -0.2) is 4.39 Å². The summed E-state index contributed by atoms with van der Waals surface area (Å²) in [5.41, 5.74) is 1.86. The van der Waals surface area contributed by atoms with Crippen molar-refractivity contribution in [2.24, 2.45) is 0 Å². The van der Waals surface area contributed by atoms with E-state index in [0.717, 1.165) is 10.5 Å². The highest BCUT2D eigenvalue weighted by Crippen LogP contribution is 2.15. The van der Waals surface area contributed by atoms with Crippen LogP contribution in [0.4, 0.5) is 4.39 Å². The largest absolute Gasteiger partial charge is 0.612 e. The van der Waals surface area contributed by atoms with Gasteiger partial charge in [-0.3, -0.25) is 4.79 Å². The Hall–Kier alpha value is -1.91. The molecule has 2 nitrogen and oxygen atoms in total. The second-order valence-electron chi connectivity index (χ2n) is 4.25. The summed E-state index contributed by atoms with van der Waals surface area (Å²) >= 11 is -1.01. The second kappa shape index (κ2) is 6.50. The number of hydrogen-bond acceptors (Lipinski definition) is 2. The van der Waals surface area contributed by atoms with E-state index < -0.39 is 11.2 Å². The maximum Gasteiger partial charge on any atom is 0.152 e. The number of hydrogen-bond donors (Lipinski definition) is 0. The monoisotopic (exact) mass is 288 g/mol. The predicted molar refractivity (Wildman–Crippen MR) is 79.5 cm³/mol. The van der Waals surface area contributed by atoms with E-state index in [-0.39, 0.29) is 5.82 Å². The van der Waals surface area contributed by atoms with Crippen LogP contribution in [0, 0.1) is 5.82 Å². The Bertz CT molecular complexity index is 633. The smallest absolute Gasteiger partial charge is 0.152 e. The molecule has 2 rings (SSSR count). The molecular formula is C16H13FO2S. The average molecular weight is 288 g/mol. The molecule has 0 spiro atoms. The molecule has 102 valence electrons. The highest BCUT2D eigenvalue weighted by atomic mass is 32.2. The lowest BCUT2D eigenvalue weighted by Crippen LogP contribution is -1.96. The van der Waals surface area contributed by atoms with Crippen molar-refractivity contribution in [3.63, 3.8) is 0 Å². The van der Waals surface area contributed by atoms with E-state index in [1.54, 1.807) is 30.5 Å². The third kappa shape index (κ3) is 3.56. The summed E-state index contributed by atoms with van der Waals surface area (Å²) in [5, 5.41) is 0. The van der Waals surface area contributed by atoms with E-state index in [0.29, 0.717) is 17.4 Å². The Morgan fingerprint density at radius 2 is 1.75 bits per heavy atom. The van der Waals surface area contributed by atoms with Gasteiger partial charge >= 0.3 is 0 Å². The fraction of sp³-hybridized carbons (Fsp3) is 0.0625. The topological polar surface area (TPSA) is 40.1 Å². The summed E-state index contributed by atoms with van der Waals surface area (Å²) in [4.78, 5) is 11.6. The Morgan fingerprint density at radius 3 is 2.35 bits per heavy atom. The standard InChI is InChI=1S/C16H13FO2S/c1-20(19)16-8-3-12(4-9-16)2-5-13-10-15(17)7-6-14(13)11-18/h2-11H,1H3. The van der Waals surface area contributed by atoms with Crippen molar-refractivity contribution in [1.82, 2.24) is 0 Å². The van der Waals surface area contributed by atoms with Crippen LogP contribution in [-0.2, 0) is 11.2 Å². The molecular weight excluding hydrogens is 275 g/mol. The van der Waals surface area contributed by atoms with Gasteiger partial charge in [0.2, 0.25) is 0 Å². The van der Waals surface area contributed by atoms with Gasteiger partial charge in [0.1, 0.15) is 12.1 Å². The molecule has 0 heterocycles. The normalized spacial score (nSPS) is 12.6. The van der Waals surface area contributed by atoms with Crippen molar-refractivity contribution in [3.05, 3.63) is 65.0 Å². The molecule has 0 radical (unpaired) electrons. The highest BCUT2D eigenvalue weighted by molar-refractivity contribution is 7.90. The van der Waals surface area contributed by atoms with Gasteiger partial charge in [-0.2, -0.15) is 0 Å². The molecule has 20 heavy (non-hydrogen) atoms. The van der Waals surface area contributed by atoms with Gasteiger partial charge in [0.25, 0.3) is 0 Å². The lowest BCUT2D eigenvalue weighted by Gasteiger charge is -2.03. The zero-order chi connectivity index (χ0) is 14.5. The lowest BCUT2D eigenvalue weighted by atomic mass is 10.1. The molecule has 0 N–H and O–H groups in total. The van der Waals surface area contributed by atoms with Crippen LogP contribution in [0.25, 0.3) is 12.2 Å². The zero-order valence-electron chi connectivity index (χ0n) is 10.9. The second-order valence-corrected chi connectivity index (χ2v) is 5.63. The van der Waals surface area contributed by atoms with Crippen LogP contribution in [0.3, 0.4) is 0 Å². The molecule has 0 aliphatic heterocycles. The Kier molecular flexibility index (Phi) is 4.71. The minimum absolute atomic E-state index is 0.382. The first-order valence-corrected chi connectivity index (χ1v) is 7.52. The van der Waals surface area contributed by atoms with Crippen molar-refractivity contribution >= 4 is 29.6 Å². The molecule has 2 aromatic rings. The molecule has 4 heteroatoms. The molecule has 0 amide bonds. The van der Waals surface area contributed by atoms with Gasteiger partial charge in [-0.05, 0) is 64.8 Å². The average Bonchev–Trinajstić information content (AvgIpc) is 2.45. The maximum atomic E-state index is 13.2. The maximum absolute atomic E-state index is 13.2. The van der Waals surface area contributed by atoms with Crippen molar-refractivity contribution in [2.45, 2.75) is 4.90 Å². The number of benzene rings is 2. The minimum atomic E-state index is -1.01. The van der Waals surface area contributed by atoms with Crippen LogP contribution in [0.1, 0.15) is 21.5 Å². The lowest BCUT2D eigenvalue weighted by molar-refractivity contribution is 0.112. The van der Waals surface area contributed by atoms with Crippen molar-refractivity contribution in [3.8, 4) is 0 Å². The van der Waals surface area contributed by atoms with E-state index in [9.17, 15) is 13.7 Å². The zero-order valence-corrected chi connectivity index (χ0v) is 11.7. The molecule has 0 saturated heterocycles. The molecule has 0 bridgehead atoms. The third-order valence-corrected chi connectivity index (χ3v) is 3.78. The Balaban J connectivity index is 2.25. The van der Waals surface area contributed by atoms with Gasteiger partial charge in [0, 0.05) is 5.56 Å². The van der Waals surface area contributed by atoms with Gasteiger partial charge in [-0.15, -0.1) is 0 Å². The molecule has 1 unspecified atom stereocenters. The van der Waals surface area contributed by atoms with Crippen molar-refractivity contribution < 1.29 is 13.7 Å². The number of aldehydes is 1. The quantitative estimate of drug-likeness (QED) is 0.490. The molecule has 0 aromatic heterocycles. The van der Waals surface area contributed by atoms with Gasteiger partial charge < -0.3 is 4.55 Å². The molecule has 0 aliphatic rings. The molecule has 0 aliphatic carbocycles. The van der Waals surface area contributed by atoms with E-state index in [4.69, 9.17) is 0 Å². The Labute approximate surface area is 120 Å². The predicted octanol–water partition coefficient (Wildman–Crippen LogP) is 3.55. The molecule has 0 saturated carbocycles. The number of halogens is 1. The van der Waals surface area contributed by atoms with E-state index in [2.05, 4.69) is 0 Å². The van der Waals surface area contributed by atoms with E-state index in [1.807, 2.05) is 12.1 Å². The number of carbonyl (C=O) groups is 1. The summed E-state index contributed by atoms with van der Waals surface area (Å²) in [5.74, 6) is -0.382. The highest BCUT2D eigenvalue weighted by Gasteiger charge is 2.03. The fourth-order valence-corrected chi connectivity index (χ4v) is 2.27. The van der Waals surface area contributed by atoms with Crippen LogP contribution >= 0.6 is 0 Å². The third-order valence-electron chi connectivity index (χ3n) is 2.84. The molecule has 1 atom stereocenters. The van der Waals surface area contributed by atoms with E-state index >= 15 is 0 Å². The SMILES string of the molecule is C[S+]([O-])c1ccc(C=Cc2cc(F)ccc2C=O)cc1. The summed E-state index contributed by atoms with van der Waals surface area (Å²) in [6.45, 7) is 0. The van der Waals surface area contributed by atoms with Gasteiger partial charge in [-0.1, -0.05) is 12.2 Å². The van der Waals surface area contributed by atoms with Gasteiger partial charge in [0.15, 0.2) is 11.2 Å². The Morgan fingerprint density at radius 1 is 1.05 bits per heavy atom. The minimum Gasteiger partial charge on any atom is -0.612 e. The first-order chi connectivity index (χ1) is 9.60. The van der Waals surface area contributed by atoms with Gasteiger partial charge in [0.05, 0.1) is 0 Å². The van der Waals surface area contributed by atoms with Crippen LogP contribution in [0.2, 0.25) is 0 Å². The fourth-order valence-electron chi connectivity index (χ4n) is 1.75. The summed E-state index contributed by atoms with van der Waals surface area (Å²) in [6, 6.07) is 11.2. The summed E-state index contributed by atoms with van der Waals surface area (Å²) in [6.07, 6.45) is 5.78. The van der Waals surface area contributed by atoms with Crippen LogP contribution in [0.15, 0.2) is 47.4 Å². The summed E-state index contributed by atoms with van der Waals surface area (Å²) in [7, 11) is 0. The van der Waals surface area contributed by atoms with Crippen LogP contribution in [-0.4, -0.2) is 17.1 Å². The van der Waals surface area contributed by atoms with E-state index in [1.165, 1.54) is 18.2 Å². The first-order valence-electron chi connectivity index (χ1n) is 5.96.